The van der Waals surface area contributed by atoms with Gasteiger partial charge in [0.2, 0.25) is 0 Å². The van der Waals surface area contributed by atoms with Crippen molar-refractivity contribution in [3.8, 4) is 0 Å². The van der Waals surface area contributed by atoms with E-state index >= 15 is 0 Å². The van der Waals surface area contributed by atoms with Gasteiger partial charge in [0.25, 0.3) is 0 Å². The number of carboxylic acids is 1. The molecule has 0 spiro atoms. The Morgan fingerprint density at radius 2 is 2.21 bits per heavy atom. The zero-order chi connectivity index (χ0) is 14.3. The summed E-state index contributed by atoms with van der Waals surface area (Å²) in [4.78, 5) is 21.9. The summed E-state index contributed by atoms with van der Waals surface area (Å²) in [5, 5.41) is 17.6. The minimum Gasteiger partial charge on any atom is -0.481 e. The largest absolute Gasteiger partial charge is 0.481 e. The van der Waals surface area contributed by atoms with Crippen LogP contribution in [0.15, 0.2) is 10.6 Å². The van der Waals surface area contributed by atoms with E-state index in [1.807, 2.05) is 6.92 Å². The molecule has 0 aliphatic carbocycles. The van der Waals surface area contributed by atoms with Gasteiger partial charge in [-0.05, 0) is 19.3 Å². The number of aryl methyl sites for hydroxylation is 1. The highest BCUT2D eigenvalue weighted by Crippen LogP contribution is 2.04. The smallest absolute Gasteiger partial charge is 0.315 e. The second kappa shape index (κ2) is 7.40. The Morgan fingerprint density at radius 3 is 2.79 bits per heavy atom. The van der Waals surface area contributed by atoms with E-state index in [9.17, 15) is 9.59 Å². The monoisotopic (exact) mass is 269 g/mol. The van der Waals surface area contributed by atoms with Crippen molar-refractivity contribution >= 4 is 12.0 Å². The van der Waals surface area contributed by atoms with E-state index in [4.69, 9.17) is 9.63 Å². The summed E-state index contributed by atoms with van der Waals surface area (Å²) >= 11 is 0. The number of carbonyl (C=O) groups is 2. The summed E-state index contributed by atoms with van der Waals surface area (Å²) < 4.78 is 4.87. The van der Waals surface area contributed by atoms with E-state index < -0.39 is 5.97 Å². The Labute approximate surface area is 111 Å². The summed E-state index contributed by atoms with van der Waals surface area (Å²) in [6.07, 6.45) is 0.654. The Hall–Kier alpha value is -2.05. The lowest BCUT2D eigenvalue weighted by Crippen LogP contribution is -2.37. The number of aromatic nitrogens is 1. The van der Waals surface area contributed by atoms with Crippen LogP contribution in [0, 0.1) is 12.8 Å². The first-order chi connectivity index (χ1) is 8.97. The fourth-order valence-electron chi connectivity index (χ4n) is 1.47. The minimum atomic E-state index is -0.822. The average molecular weight is 269 g/mol. The standard InChI is InChI=1S/C12H19N3O4/c1-8(3-4-11(16)17)6-13-12(18)14-7-10-5-9(2)19-15-10/h5,8H,3-4,6-7H2,1-2H3,(H,16,17)(H2,13,14,18). The molecule has 7 nitrogen and oxygen atoms in total. The summed E-state index contributed by atoms with van der Waals surface area (Å²) in [5.41, 5.74) is 0.659. The van der Waals surface area contributed by atoms with Crippen LogP contribution in [0.2, 0.25) is 0 Å². The van der Waals surface area contributed by atoms with Crippen LogP contribution in [-0.2, 0) is 11.3 Å². The van der Waals surface area contributed by atoms with E-state index in [1.54, 1.807) is 13.0 Å². The highest BCUT2D eigenvalue weighted by molar-refractivity contribution is 5.73. The molecule has 0 fully saturated rings. The normalized spacial score (nSPS) is 11.9. The number of carboxylic acid groups (broad SMARTS) is 1. The average Bonchev–Trinajstić information content (AvgIpc) is 2.77. The molecule has 0 aliphatic rings. The molecule has 7 heteroatoms. The molecule has 0 bridgehead atoms. The third-order valence-corrected chi connectivity index (χ3v) is 2.57. The predicted molar refractivity (Wildman–Crippen MR) is 67.5 cm³/mol. The molecule has 3 N–H and O–H groups in total. The number of nitrogens with one attached hydrogen (secondary N) is 2. The summed E-state index contributed by atoms with van der Waals surface area (Å²) in [5.74, 6) is -0.00616. The van der Waals surface area contributed by atoms with E-state index in [0.29, 0.717) is 31.0 Å². The topological polar surface area (TPSA) is 104 Å². The van der Waals surface area contributed by atoms with Crippen LogP contribution in [-0.4, -0.2) is 28.8 Å². The highest BCUT2D eigenvalue weighted by atomic mass is 16.5. The van der Waals surface area contributed by atoms with Crippen LogP contribution in [0.25, 0.3) is 0 Å². The van der Waals surface area contributed by atoms with Crippen molar-refractivity contribution in [2.24, 2.45) is 5.92 Å². The van der Waals surface area contributed by atoms with Crippen LogP contribution < -0.4 is 10.6 Å². The van der Waals surface area contributed by atoms with Crippen molar-refractivity contribution in [3.05, 3.63) is 17.5 Å². The molecule has 0 aromatic carbocycles. The summed E-state index contributed by atoms with van der Waals surface area (Å²) in [6.45, 7) is 4.41. The van der Waals surface area contributed by atoms with Crippen molar-refractivity contribution < 1.29 is 19.2 Å². The molecule has 1 rings (SSSR count). The Morgan fingerprint density at radius 1 is 1.47 bits per heavy atom. The molecule has 1 unspecified atom stereocenters. The zero-order valence-corrected chi connectivity index (χ0v) is 11.1. The molecule has 106 valence electrons. The van der Waals surface area contributed by atoms with Gasteiger partial charge < -0.3 is 20.3 Å². The van der Waals surface area contributed by atoms with Gasteiger partial charge in [-0.1, -0.05) is 12.1 Å². The third kappa shape index (κ3) is 6.44. The Bertz CT molecular complexity index is 430. The van der Waals surface area contributed by atoms with E-state index in [1.165, 1.54) is 0 Å². The van der Waals surface area contributed by atoms with Crippen molar-refractivity contribution in [1.82, 2.24) is 15.8 Å². The van der Waals surface area contributed by atoms with Crippen LogP contribution in [0.5, 0.6) is 0 Å². The maximum absolute atomic E-state index is 11.5. The molecule has 0 saturated heterocycles. The first-order valence-electron chi connectivity index (χ1n) is 6.13. The molecule has 0 radical (unpaired) electrons. The van der Waals surface area contributed by atoms with Gasteiger partial charge in [-0.15, -0.1) is 0 Å². The number of amides is 2. The fourth-order valence-corrected chi connectivity index (χ4v) is 1.47. The lowest BCUT2D eigenvalue weighted by atomic mass is 10.1. The molecule has 19 heavy (non-hydrogen) atoms. The van der Waals surface area contributed by atoms with Crippen LogP contribution in [0.4, 0.5) is 4.79 Å². The van der Waals surface area contributed by atoms with Gasteiger partial charge in [0.1, 0.15) is 11.5 Å². The van der Waals surface area contributed by atoms with Crippen molar-refractivity contribution in [2.75, 3.05) is 6.54 Å². The lowest BCUT2D eigenvalue weighted by Gasteiger charge is -2.11. The van der Waals surface area contributed by atoms with E-state index in [0.717, 1.165) is 0 Å². The predicted octanol–water partition coefficient (Wildman–Crippen LogP) is 1.28. The van der Waals surface area contributed by atoms with Gasteiger partial charge in [-0.3, -0.25) is 4.79 Å². The number of nitrogens with zero attached hydrogens (tertiary/aromatic N) is 1. The van der Waals surface area contributed by atoms with Gasteiger partial charge in [0.05, 0.1) is 6.54 Å². The first-order valence-corrected chi connectivity index (χ1v) is 6.13. The number of hydrogen-bond acceptors (Lipinski definition) is 4. The van der Waals surface area contributed by atoms with E-state index in [2.05, 4.69) is 15.8 Å². The summed E-state index contributed by atoms with van der Waals surface area (Å²) in [6, 6.07) is 1.44. The quantitative estimate of drug-likeness (QED) is 0.691. The highest BCUT2D eigenvalue weighted by Gasteiger charge is 2.08. The summed E-state index contributed by atoms with van der Waals surface area (Å²) in [7, 11) is 0. The molecule has 0 aliphatic heterocycles. The van der Waals surface area contributed by atoms with Gasteiger partial charge in [0, 0.05) is 19.0 Å². The van der Waals surface area contributed by atoms with Gasteiger partial charge in [-0.2, -0.15) is 0 Å². The molecule has 1 aromatic rings. The lowest BCUT2D eigenvalue weighted by molar-refractivity contribution is -0.137. The second-order valence-corrected chi connectivity index (χ2v) is 4.53. The van der Waals surface area contributed by atoms with Gasteiger partial charge in [-0.25, -0.2) is 4.79 Å². The minimum absolute atomic E-state index is 0.114. The molecular formula is C12H19N3O4. The Kier molecular flexibility index (Phi) is 5.84. The number of rotatable bonds is 7. The number of hydrogen-bond donors (Lipinski definition) is 3. The maximum Gasteiger partial charge on any atom is 0.315 e. The molecular weight excluding hydrogens is 250 g/mol. The first kappa shape index (κ1) is 15.0. The van der Waals surface area contributed by atoms with Crippen LogP contribution in [0.1, 0.15) is 31.2 Å². The molecule has 1 atom stereocenters. The van der Waals surface area contributed by atoms with Crippen molar-refractivity contribution in [1.29, 1.82) is 0 Å². The zero-order valence-electron chi connectivity index (χ0n) is 11.1. The Balaban J connectivity index is 2.15. The van der Waals surface area contributed by atoms with E-state index in [-0.39, 0.29) is 18.4 Å². The van der Waals surface area contributed by atoms with Crippen LogP contribution in [0.3, 0.4) is 0 Å². The number of aliphatic carboxylic acids is 1. The number of urea groups is 1. The fraction of sp³-hybridized carbons (Fsp3) is 0.583. The second-order valence-electron chi connectivity index (χ2n) is 4.53. The van der Waals surface area contributed by atoms with Crippen LogP contribution >= 0.6 is 0 Å². The third-order valence-electron chi connectivity index (χ3n) is 2.57. The van der Waals surface area contributed by atoms with Gasteiger partial charge >= 0.3 is 12.0 Å². The maximum atomic E-state index is 11.5. The SMILES string of the molecule is Cc1cc(CNC(=O)NCC(C)CCC(=O)O)no1. The molecule has 1 aromatic heterocycles. The molecule has 1 heterocycles. The van der Waals surface area contributed by atoms with Crippen molar-refractivity contribution in [3.63, 3.8) is 0 Å². The number of carbonyl (C=O) groups excluding carboxylic acids is 1. The molecule has 2 amide bonds. The van der Waals surface area contributed by atoms with Gasteiger partial charge in [0.15, 0.2) is 0 Å². The molecule has 0 saturated carbocycles. The van der Waals surface area contributed by atoms with Crippen molar-refractivity contribution in [2.45, 2.75) is 33.2 Å².